The molecule has 0 spiro atoms. The van der Waals surface area contributed by atoms with E-state index in [0.29, 0.717) is 0 Å². The summed E-state index contributed by atoms with van der Waals surface area (Å²) >= 11 is 0. The van der Waals surface area contributed by atoms with Crippen LogP contribution in [0.3, 0.4) is 0 Å². The predicted molar refractivity (Wildman–Crippen MR) is 90.4 cm³/mol. The molecule has 0 bridgehead atoms. The summed E-state index contributed by atoms with van der Waals surface area (Å²) in [6.07, 6.45) is 18.4. The first-order chi connectivity index (χ1) is 10.3. The lowest BCUT2D eigenvalue weighted by molar-refractivity contribution is 0.122. The first kappa shape index (κ1) is 18.6. The molecule has 0 heterocycles. The second-order valence-corrected chi connectivity index (χ2v) is 8.78. The smallest absolute Gasteiger partial charge is 0.377 e. The highest BCUT2D eigenvalue weighted by molar-refractivity contribution is 6.60. The summed E-state index contributed by atoms with van der Waals surface area (Å²) in [6.45, 7) is 0. The fourth-order valence-corrected chi connectivity index (χ4v) is 4.60. The topological polar surface area (TPSA) is 27.7 Å². The quantitative estimate of drug-likeness (QED) is 0.358. The van der Waals surface area contributed by atoms with Crippen LogP contribution in [0.5, 0.6) is 0 Å². The van der Waals surface area contributed by atoms with Crippen LogP contribution in [0.1, 0.15) is 57.8 Å². The molecule has 0 aromatic carbocycles. The molecule has 4 heteroatoms. The fourth-order valence-electron chi connectivity index (χ4n) is 2.80. The Bertz CT molecular complexity index is 314. The molecule has 0 atom stereocenters. The van der Waals surface area contributed by atoms with E-state index < -0.39 is 8.80 Å². The van der Waals surface area contributed by atoms with E-state index in [1.54, 1.807) is 21.3 Å². The maximum absolute atomic E-state index is 5.43. The number of hydrogen-bond acceptors (Lipinski definition) is 3. The minimum absolute atomic E-state index is 0.928. The highest BCUT2D eigenvalue weighted by Crippen LogP contribution is 2.19. The molecule has 0 fully saturated rings. The largest absolute Gasteiger partial charge is 0.500 e. The van der Waals surface area contributed by atoms with Crippen molar-refractivity contribution in [1.29, 1.82) is 0 Å². The van der Waals surface area contributed by atoms with Crippen LogP contribution in [-0.4, -0.2) is 30.1 Å². The van der Waals surface area contributed by atoms with Gasteiger partial charge in [0.15, 0.2) is 0 Å². The van der Waals surface area contributed by atoms with E-state index in [0.717, 1.165) is 18.9 Å². The SMILES string of the molecule is CO[Si](CCCCCCCCCC1=CCC=C1)(OC)OC. The van der Waals surface area contributed by atoms with Crippen molar-refractivity contribution in [3.8, 4) is 0 Å². The second-order valence-electron chi connectivity index (χ2n) is 5.69. The molecule has 0 aromatic rings. The average Bonchev–Trinajstić information content (AvgIpc) is 3.03. The monoisotopic (exact) mass is 312 g/mol. The van der Waals surface area contributed by atoms with Gasteiger partial charge in [-0.05, 0) is 25.7 Å². The van der Waals surface area contributed by atoms with Crippen LogP contribution in [0.2, 0.25) is 6.04 Å². The first-order valence-electron chi connectivity index (χ1n) is 8.27. The van der Waals surface area contributed by atoms with Gasteiger partial charge in [-0.15, -0.1) is 0 Å². The fraction of sp³-hybridized carbons (Fsp3) is 0.765. The van der Waals surface area contributed by atoms with Crippen LogP contribution in [0.25, 0.3) is 0 Å². The zero-order chi connectivity index (χ0) is 15.4. The van der Waals surface area contributed by atoms with Crippen LogP contribution in [0.15, 0.2) is 23.8 Å². The van der Waals surface area contributed by atoms with E-state index in [1.165, 1.54) is 50.5 Å². The lowest BCUT2D eigenvalue weighted by atomic mass is 10.1. The Balaban J connectivity index is 1.91. The van der Waals surface area contributed by atoms with E-state index in [1.807, 2.05) is 0 Å². The molecule has 1 aliphatic rings. The van der Waals surface area contributed by atoms with Gasteiger partial charge >= 0.3 is 8.80 Å². The van der Waals surface area contributed by atoms with Crippen LogP contribution in [0.4, 0.5) is 0 Å². The molecule has 0 aliphatic heterocycles. The van der Waals surface area contributed by atoms with Crippen molar-refractivity contribution in [2.24, 2.45) is 0 Å². The molecule has 0 amide bonds. The third-order valence-corrected chi connectivity index (χ3v) is 7.06. The van der Waals surface area contributed by atoms with Gasteiger partial charge in [-0.25, -0.2) is 0 Å². The van der Waals surface area contributed by atoms with Crippen molar-refractivity contribution >= 4 is 8.80 Å². The second kappa shape index (κ2) is 11.2. The van der Waals surface area contributed by atoms with Crippen molar-refractivity contribution in [3.05, 3.63) is 23.8 Å². The average molecular weight is 313 g/mol. The zero-order valence-electron chi connectivity index (χ0n) is 14.0. The van der Waals surface area contributed by atoms with Gasteiger partial charge in [0.05, 0.1) is 0 Å². The standard InChI is InChI=1S/C17H32O3Si/c1-18-21(19-2,20-3)16-12-8-6-4-5-7-9-13-17-14-10-11-15-17/h10,14-15H,4-9,11-13,16H2,1-3H3. The van der Waals surface area contributed by atoms with Gasteiger partial charge in [0.2, 0.25) is 0 Å². The van der Waals surface area contributed by atoms with Gasteiger partial charge in [-0.1, -0.05) is 55.9 Å². The van der Waals surface area contributed by atoms with Crippen molar-refractivity contribution < 1.29 is 13.3 Å². The van der Waals surface area contributed by atoms with E-state index in [2.05, 4.69) is 18.2 Å². The number of allylic oxidation sites excluding steroid dienone is 4. The molecule has 0 saturated carbocycles. The summed E-state index contributed by atoms with van der Waals surface area (Å²) in [7, 11) is 2.74. The van der Waals surface area contributed by atoms with Crippen LogP contribution in [0, 0.1) is 0 Å². The van der Waals surface area contributed by atoms with Gasteiger partial charge in [0.25, 0.3) is 0 Å². The molecular formula is C17H32O3Si. The summed E-state index contributed by atoms with van der Waals surface area (Å²) in [4.78, 5) is 0. The maximum Gasteiger partial charge on any atom is 0.500 e. The maximum atomic E-state index is 5.43. The molecule has 3 nitrogen and oxygen atoms in total. The lowest BCUT2D eigenvalue weighted by Crippen LogP contribution is -2.42. The van der Waals surface area contributed by atoms with E-state index in [9.17, 15) is 0 Å². The Kier molecular flexibility index (Phi) is 9.92. The molecule has 1 aliphatic carbocycles. The van der Waals surface area contributed by atoms with Crippen LogP contribution < -0.4 is 0 Å². The van der Waals surface area contributed by atoms with Crippen LogP contribution in [-0.2, 0) is 13.3 Å². The Labute approximate surface area is 131 Å². The number of hydrogen-bond donors (Lipinski definition) is 0. The minimum Gasteiger partial charge on any atom is -0.377 e. The summed E-state index contributed by atoms with van der Waals surface area (Å²) in [5.74, 6) is 0. The molecule has 0 unspecified atom stereocenters. The number of unbranched alkanes of at least 4 members (excludes halogenated alkanes) is 6. The van der Waals surface area contributed by atoms with Gasteiger partial charge in [0, 0.05) is 27.4 Å². The molecule has 1 rings (SSSR count). The minimum atomic E-state index is -2.33. The Morgan fingerprint density at radius 1 is 0.857 bits per heavy atom. The van der Waals surface area contributed by atoms with Crippen molar-refractivity contribution in [2.45, 2.75) is 63.8 Å². The van der Waals surface area contributed by atoms with E-state index >= 15 is 0 Å². The van der Waals surface area contributed by atoms with Gasteiger partial charge < -0.3 is 13.3 Å². The highest BCUT2D eigenvalue weighted by Gasteiger charge is 2.36. The Hall–Kier alpha value is -0.423. The predicted octanol–water partition coefficient (Wildman–Crippen LogP) is 4.87. The van der Waals surface area contributed by atoms with E-state index in [-0.39, 0.29) is 0 Å². The normalized spacial score (nSPS) is 14.7. The Morgan fingerprint density at radius 2 is 1.43 bits per heavy atom. The highest BCUT2D eigenvalue weighted by atomic mass is 28.4. The third kappa shape index (κ3) is 7.41. The van der Waals surface area contributed by atoms with Gasteiger partial charge in [0.1, 0.15) is 0 Å². The van der Waals surface area contributed by atoms with Gasteiger partial charge in [-0.2, -0.15) is 0 Å². The summed E-state index contributed by atoms with van der Waals surface area (Å²) in [5.41, 5.74) is 1.54. The summed E-state index contributed by atoms with van der Waals surface area (Å²) < 4.78 is 16.3. The first-order valence-corrected chi connectivity index (χ1v) is 10.2. The van der Waals surface area contributed by atoms with Crippen molar-refractivity contribution in [2.75, 3.05) is 21.3 Å². The molecule has 0 N–H and O–H groups in total. The number of rotatable bonds is 13. The molecule has 0 aromatic heterocycles. The van der Waals surface area contributed by atoms with Crippen LogP contribution >= 0.6 is 0 Å². The van der Waals surface area contributed by atoms with E-state index in [4.69, 9.17) is 13.3 Å². The zero-order valence-corrected chi connectivity index (χ0v) is 15.0. The molecule has 0 saturated heterocycles. The lowest BCUT2D eigenvalue weighted by Gasteiger charge is -2.24. The Morgan fingerprint density at radius 3 is 1.95 bits per heavy atom. The van der Waals surface area contributed by atoms with Crippen molar-refractivity contribution in [3.63, 3.8) is 0 Å². The van der Waals surface area contributed by atoms with Crippen molar-refractivity contribution in [1.82, 2.24) is 0 Å². The molecule has 0 radical (unpaired) electrons. The third-order valence-electron chi connectivity index (χ3n) is 4.23. The van der Waals surface area contributed by atoms with Gasteiger partial charge in [-0.3, -0.25) is 0 Å². The molecular weight excluding hydrogens is 280 g/mol. The summed E-state index contributed by atoms with van der Waals surface area (Å²) in [6, 6.07) is 0.928. The molecule has 21 heavy (non-hydrogen) atoms. The summed E-state index contributed by atoms with van der Waals surface area (Å²) in [5, 5.41) is 0. The molecule has 122 valence electrons.